The van der Waals surface area contributed by atoms with Crippen LogP contribution in [0, 0.1) is 11.8 Å². The fourth-order valence-electron chi connectivity index (χ4n) is 3.56. The van der Waals surface area contributed by atoms with E-state index in [4.69, 9.17) is 5.11 Å². The lowest BCUT2D eigenvalue weighted by molar-refractivity contribution is -0.137. The molecule has 6 heteroatoms. The highest BCUT2D eigenvalue weighted by molar-refractivity contribution is 5.84. The Morgan fingerprint density at radius 3 is 2.50 bits per heavy atom. The van der Waals surface area contributed by atoms with E-state index in [2.05, 4.69) is 0 Å². The van der Waals surface area contributed by atoms with Crippen molar-refractivity contribution in [2.45, 2.75) is 89.4 Å². The van der Waals surface area contributed by atoms with Gasteiger partial charge >= 0.3 is 5.97 Å². The minimum absolute atomic E-state index is 0.0706. The van der Waals surface area contributed by atoms with Gasteiger partial charge in [0, 0.05) is 24.7 Å². The number of carboxylic acid groups (broad SMARTS) is 1. The quantitative estimate of drug-likeness (QED) is 0.292. The number of ketones is 1. The summed E-state index contributed by atoms with van der Waals surface area (Å²) in [4.78, 5) is 22.6. The normalized spacial score (nSPS) is 25.7. The first kappa shape index (κ1) is 22.8. The molecule has 1 aliphatic rings. The molecule has 0 aromatic carbocycles. The molecule has 1 saturated carbocycles. The van der Waals surface area contributed by atoms with E-state index in [1.165, 1.54) is 0 Å². The Hall–Kier alpha value is -1.24. The van der Waals surface area contributed by atoms with Crippen LogP contribution < -0.4 is 0 Å². The van der Waals surface area contributed by atoms with E-state index in [1.54, 1.807) is 19.1 Å². The number of hydrogen-bond acceptors (Lipinski definition) is 5. The number of carboxylic acids is 1. The van der Waals surface area contributed by atoms with Crippen molar-refractivity contribution in [1.82, 2.24) is 0 Å². The lowest BCUT2D eigenvalue weighted by Crippen LogP contribution is -2.19. The van der Waals surface area contributed by atoms with Crippen LogP contribution in [-0.4, -0.2) is 50.5 Å². The van der Waals surface area contributed by atoms with Crippen LogP contribution in [0.1, 0.15) is 71.1 Å². The number of hydrogen-bond donors (Lipinski definition) is 4. The van der Waals surface area contributed by atoms with Gasteiger partial charge in [0.15, 0.2) is 0 Å². The molecular weight excluding hydrogens is 336 g/mol. The summed E-state index contributed by atoms with van der Waals surface area (Å²) >= 11 is 0. The zero-order valence-electron chi connectivity index (χ0n) is 15.7. The van der Waals surface area contributed by atoms with Crippen LogP contribution in [0.2, 0.25) is 0 Å². The van der Waals surface area contributed by atoms with E-state index in [0.717, 1.165) is 25.7 Å². The lowest BCUT2D eigenvalue weighted by atomic mass is 9.88. The molecule has 1 rings (SSSR count). The van der Waals surface area contributed by atoms with Gasteiger partial charge in [-0.2, -0.15) is 0 Å². The summed E-state index contributed by atoms with van der Waals surface area (Å²) in [5.41, 5.74) is 0. The van der Waals surface area contributed by atoms with E-state index < -0.39 is 18.2 Å². The van der Waals surface area contributed by atoms with Crippen molar-refractivity contribution in [1.29, 1.82) is 0 Å². The molecule has 0 aromatic rings. The zero-order chi connectivity index (χ0) is 19.5. The average molecular weight is 370 g/mol. The van der Waals surface area contributed by atoms with Crippen LogP contribution in [0.15, 0.2) is 12.2 Å². The maximum Gasteiger partial charge on any atom is 0.303 e. The van der Waals surface area contributed by atoms with Crippen LogP contribution in [0.3, 0.4) is 0 Å². The summed E-state index contributed by atoms with van der Waals surface area (Å²) in [5.74, 6) is -1.18. The van der Waals surface area contributed by atoms with Gasteiger partial charge in [0.1, 0.15) is 5.78 Å². The third kappa shape index (κ3) is 8.92. The monoisotopic (exact) mass is 370 g/mol. The van der Waals surface area contributed by atoms with Crippen molar-refractivity contribution in [3.8, 4) is 0 Å². The average Bonchev–Trinajstić information content (AvgIpc) is 2.81. The summed E-state index contributed by atoms with van der Waals surface area (Å²) in [6.45, 7) is 1.72. The van der Waals surface area contributed by atoms with Crippen LogP contribution in [-0.2, 0) is 9.59 Å². The van der Waals surface area contributed by atoms with Crippen LogP contribution in [0.5, 0.6) is 0 Å². The number of aliphatic hydroxyl groups excluding tert-OH is 3. The zero-order valence-corrected chi connectivity index (χ0v) is 15.7. The van der Waals surface area contributed by atoms with Crippen molar-refractivity contribution in [3.63, 3.8) is 0 Å². The van der Waals surface area contributed by atoms with E-state index in [1.807, 2.05) is 0 Å². The number of carbonyl (C=O) groups is 2. The second-order valence-electron chi connectivity index (χ2n) is 7.50. The van der Waals surface area contributed by atoms with Crippen LogP contribution in [0.25, 0.3) is 0 Å². The Labute approximate surface area is 155 Å². The Kier molecular flexibility index (Phi) is 10.7. The highest BCUT2D eigenvalue weighted by Crippen LogP contribution is 2.34. The predicted molar refractivity (Wildman–Crippen MR) is 98.6 cm³/mol. The molecule has 1 fully saturated rings. The fourth-order valence-corrected chi connectivity index (χ4v) is 3.56. The molecular formula is C20H34O6. The van der Waals surface area contributed by atoms with Crippen molar-refractivity contribution in [3.05, 3.63) is 12.2 Å². The van der Waals surface area contributed by atoms with Gasteiger partial charge in [-0.15, -0.1) is 0 Å². The molecule has 150 valence electrons. The van der Waals surface area contributed by atoms with Gasteiger partial charge in [0.25, 0.3) is 0 Å². The van der Waals surface area contributed by atoms with Gasteiger partial charge in [-0.05, 0) is 39.0 Å². The number of unbranched alkanes of at least 4 members (excludes halogenated alkanes) is 3. The third-order valence-electron chi connectivity index (χ3n) is 5.07. The summed E-state index contributed by atoms with van der Waals surface area (Å²) < 4.78 is 0. The Morgan fingerprint density at radius 1 is 1.15 bits per heavy atom. The third-order valence-corrected chi connectivity index (χ3v) is 5.07. The number of aliphatic carboxylic acids is 1. The molecule has 0 spiro atoms. The molecule has 1 aliphatic carbocycles. The number of Topliss-reactive ketones (excluding diaryl/α,β-unsaturated/α-hetero) is 1. The molecule has 0 amide bonds. The van der Waals surface area contributed by atoms with Gasteiger partial charge < -0.3 is 20.4 Å². The lowest BCUT2D eigenvalue weighted by Gasteiger charge is -2.18. The molecule has 0 aliphatic heterocycles. The predicted octanol–water partition coefficient (Wildman–Crippen LogP) is 2.45. The highest BCUT2D eigenvalue weighted by atomic mass is 16.4. The first-order valence-electron chi connectivity index (χ1n) is 9.78. The van der Waals surface area contributed by atoms with Crippen LogP contribution in [0.4, 0.5) is 0 Å². The Bertz CT molecular complexity index is 459. The van der Waals surface area contributed by atoms with Gasteiger partial charge in [-0.1, -0.05) is 31.4 Å². The minimum Gasteiger partial charge on any atom is -0.481 e. The fraction of sp³-hybridized carbons (Fsp3) is 0.800. The maximum absolute atomic E-state index is 12.1. The molecule has 4 N–H and O–H groups in total. The molecule has 26 heavy (non-hydrogen) atoms. The van der Waals surface area contributed by atoms with Crippen LogP contribution >= 0.6 is 0 Å². The maximum atomic E-state index is 12.1. The molecule has 5 atom stereocenters. The van der Waals surface area contributed by atoms with Gasteiger partial charge in [-0.3, -0.25) is 9.59 Å². The summed E-state index contributed by atoms with van der Waals surface area (Å²) in [6, 6.07) is 0. The molecule has 0 bridgehead atoms. The van der Waals surface area contributed by atoms with Gasteiger partial charge in [0.2, 0.25) is 0 Å². The van der Waals surface area contributed by atoms with Gasteiger partial charge in [-0.25, -0.2) is 0 Å². The Morgan fingerprint density at radius 2 is 1.85 bits per heavy atom. The van der Waals surface area contributed by atoms with E-state index in [-0.39, 0.29) is 36.6 Å². The standard InChI is InChI=1S/C20H34O6/c1-14(21)7-6-8-15(22)11-12-17-16(18(23)13-19(17)24)9-4-2-3-5-10-20(25)26/h11-12,14-17,19,21-22,24H,2-10,13H2,1H3,(H,25,26)/t14?,15?,16-,17-,19?/m1/s1. The highest BCUT2D eigenvalue weighted by Gasteiger charge is 2.39. The summed E-state index contributed by atoms with van der Waals surface area (Å²) in [5, 5.41) is 38.0. The Balaban J connectivity index is 2.39. The number of rotatable bonds is 13. The van der Waals surface area contributed by atoms with Gasteiger partial charge in [0.05, 0.1) is 18.3 Å². The SMILES string of the molecule is CC(O)CCCC(O)C=C[C@H]1C(O)CC(=O)[C@@H]1CCCCCCC(=O)O. The number of carbonyl (C=O) groups excluding carboxylic acids is 1. The van der Waals surface area contributed by atoms with E-state index in [0.29, 0.717) is 25.7 Å². The van der Waals surface area contributed by atoms with Crippen molar-refractivity contribution < 1.29 is 30.0 Å². The minimum atomic E-state index is -0.781. The molecule has 6 nitrogen and oxygen atoms in total. The van der Waals surface area contributed by atoms with Crippen molar-refractivity contribution in [2.24, 2.45) is 11.8 Å². The molecule has 3 unspecified atom stereocenters. The first-order valence-corrected chi connectivity index (χ1v) is 9.78. The smallest absolute Gasteiger partial charge is 0.303 e. The van der Waals surface area contributed by atoms with E-state index >= 15 is 0 Å². The summed E-state index contributed by atoms with van der Waals surface area (Å²) in [6.07, 6.45) is 7.88. The first-order chi connectivity index (χ1) is 12.3. The second-order valence-corrected chi connectivity index (χ2v) is 7.50. The second kappa shape index (κ2) is 12.2. The largest absolute Gasteiger partial charge is 0.481 e. The molecule has 0 heterocycles. The molecule has 0 saturated heterocycles. The topological polar surface area (TPSA) is 115 Å². The van der Waals surface area contributed by atoms with Crippen molar-refractivity contribution in [2.75, 3.05) is 0 Å². The molecule has 0 radical (unpaired) electrons. The molecule has 0 aromatic heterocycles. The number of aliphatic hydroxyl groups is 3. The van der Waals surface area contributed by atoms with E-state index in [9.17, 15) is 24.9 Å². The van der Waals surface area contributed by atoms with Crippen molar-refractivity contribution >= 4 is 11.8 Å². The summed E-state index contributed by atoms with van der Waals surface area (Å²) in [7, 11) is 0.